The van der Waals surface area contributed by atoms with Crippen LogP contribution < -0.4 is 0 Å². The van der Waals surface area contributed by atoms with E-state index < -0.39 is 0 Å². The van der Waals surface area contributed by atoms with Crippen LogP contribution in [0, 0.1) is 11.8 Å². The number of amides is 2. The lowest BCUT2D eigenvalue weighted by Crippen LogP contribution is -2.55. The molecule has 2 heterocycles. The van der Waals surface area contributed by atoms with E-state index in [1.165, 1.54) is 19.3 Å². The van der Waals surface area contributed by atoms with Crippen LogP contribution in [0.5, 0.6) is 0 Å². The van der Waals surface area contributed by atoms with Gasteiger partial charge in [0.25, 0.3) is 0 Å². The summed E-state index contributed by atoms with van der Waals surface area (Å²) in [6.45, 7) is 2.60. The predicted octanol–water partition coefficient (Wildman–Crippen LogP) is 2.87. The second kappa shape index (κ2) is 6.30. The second-order valence-corrected chi connectivity index (χ2v) is 9.18. The molecule has 2 aliphatic carbocycles. The Kier molecular flexibility index (Phi) is 4.33. The van der Waals surface area contributed by atoms with Gasteiger partial charge in [-0.1, -0.05) is 19.3 Å². The summed E-state index contributed by atoms with van der Waals surface area (Å²) in [5.41, 5.74) is 0. The number of hydrogen-bond acceptors (Lipinski definition) is 3. The molecule has 0 N–H and O–H groups in total. The van der Waals surface area contributed by atoms with Gasteiger partial charge in [0.2, 0.25) is 11.8 Å². The van der Waals surface area contributed by atoms with Gasteiger partial charge in [-0.3, -0.25) is 9.59 Å². The maximum Gasteiger partial charge on any atom is 0.226 e. The highest BCUT2D eigenvalue weighted by Crippen LogP contribution is 2.46. The largest absolute Gasteiger partial charge is 0.342 e. The highest BCUT2D eigenvalue weighted by molar-refractivity contribution is 8.00. The molecule has 2 aliphatic heterocycles. The summed E-state index contributed by atoms with van der Waals surface area (Å²) in [5, 5.41) is 0. The molecule has 0 atom stereocenters. The van der Waals surface area contributed by atoms with Gasteiger partial charge >= 0.3 is 0 Å². The van der Waals surface area contributed by atoms with Crippen LogP contribution in [-0.2, 0) is 9.59 Å². The summed E-state index contributed by atoms with van der Waals surface area (Å²) in [6, 6.07) is 0. The highest BCUT2D eigenvalue weighted by atomic mass is 32.2. The zero-order chi connectivity index (χ0) is 15.9. The molecule has 4 rings (SSSR count). The summed E-state index contributed by atoms with van der Waals surface area (Å²) in [7, 11) is 0. The molecule has 0 aromatic rings. The first-order chi connectivity index (χ1) is 11.2. The minimum absolute atomic E-state index is 0.00510. The average molecular weight is 337 g/mol. The molecule has 0 radical (unpaired) electrons. The lowest BCUT2D eigenvalue weighted by Gasteiger charge is -2.45. The maximum atomic E-state index is 13.0. The highest BCUT2D eigenvalue weighted by Gasteiger charge is 2.48. The number of carbonyl (C=O) groups is 2. The Morgan fingerprint density at radius 2 is 1.48 bits per heavy atom. The van der Waals surface area contributed by atoms with E-state index in [1.54, 1.807) is 0 Å². The van der Waals surface area contributed by atoms with E-state index in [-0.39, 0.29) is 10.8 Å². The standard InChI is InChI=1S/C18H28N2O2S/c21-16(15-6-7-15)19-10-8-18(9-11-19)20(12-13-23-18)17(22)14-4-2-1-3-5-14/h14-15H,1-13H2. The first-order valence-corrected chi connectivity index (χ1v) is 10.4. The predicted molar refractivity (Wildman–Crippen MR) is 92.0 cm³/mol. The van der Waals surface area contributed by atoms with E-state index in [4.69, 9.17) is 0 Å². The fourth-order valence-corrected chi connectivity index (χ4v) is 6.03. The lowest BCUT2D eigenvalue weighted by molar-refractivity contribution is -0.141. The normalized spacial score (nSPS) is 28.3. The Bertz CT molecular complexity index is 477. The van der Waals surface area contributed by atoms with Crippen molar-refractivity contribution in [1.82, 2.24) is 9.80 Å². The molecular weight excluding hydrogens is 308 g/mol. The number of thioether (sulfide) groups is 1. The number of nitrogens with zero attached hydrogens (tertiary/aromatic N) is 2. The summed E-state index contributed by atoms with van der Waals surface area (Å²) in [5.74, 6) is 2.44. The van der Waals surface area contributed by atoms with Crippen LogP contribution in [0.3, 0.4) is 0 Å². The Balaban J connectivity index is 1.41. The number of likely N-dealkylation sites (tertiary alicyclic amines) is 1. The molecule has 0 aromatic heterocycles. The SMILES string of the molecule is O=C(C1CC1)N1CCC2(CC1)SCCN2C(=O)C1CCCCC1. The fraction of sp³-hybridized carbons (Fsp3) is 0.889. The molecule has 4 aliphatic rings. The molecule has 2 amide bonds. The van der Waals surface area contributed by atoms with E-state index in [0.717, 1.165) is 63.9 Å². The monoisotopic (exact) mass is 336 g/mol. The molecule has 23 heavy (non-hydrogen) atoms. The van der Waals surface area contributed by atoms with Gasteiger partial charge in [-0.05, 0) is 38.5 Å². The van der Waals surface area contributed by atoms with E-state index in [9.17, 15) is 9.59 Å². The van der Waals surface area contributed by atoms with Crippen LogP contribution in [0.4, 0.5) is 0 Å². The molecule has 2 saturated carbocycles. The van der Waals surface area contributed by atoms with Gasteiger partial charge in [-0.2, -0.15) is 0 Å². The Morgan fingerprint density at radius 3 is 2.13 bits per heavy atom. The average Bonchev–Trinajstić information content (AvgIpc) is 3.38. The third-order valence-corrected chi connectivity index (χ3v) is 7.73. The Labute approximate surface area is 143 Å². The second-order valence-electron chi connectivity index (χ2n) is 7.72. The number of carbonyl (C=O) groups excluding carboxylic acids is 2. The minimum Gasteiger partial charge on any atom is -0.342 e. The van der Waals surface area contributed by atoms with Crippen molar-refractivity contribution >= 4 is 23.6 Å². The van der Waals surface area contributed by atoms with Crippen molar-refractivity contribution in [3.8, 4) is 0 Å². The summed E-state index contributed by atoms with van der Waals surface area (Å²) >= 11 is 1.97. The van der Waals surface area contributed by atoms with Crippen LogP contribution in [0.1, 0.15) is 57.8 Å². The van der Waals surface area contributed by atoms with Gasteiger partial charge in [0.05, 0.1) is 4.87 Å². The maximum absolute atomic E-state index is 13.0. The zero-order valence-electron chi connectivity index (χ0n) is 14.0. The fourth-order valence-electron chi connectivity index (χ4n) is 4.57. The van der Waals surface area contributed by atoms with E-state index in [2.05, 4.69) is 9.80 Å². The minimum atomic E-state index is -0.00510. The number of hydrogen-bond donors (Lipinski definition) is 0. The molecular formula is C18H28N2O2S. The topological polar surface area (TPSA) is 40.6 Å². The summed E-state index contributed by atoms with van der Waals surface area (Å²) in [4.78, 5) is 29.6. The number of rotatable bonds is 2. The molecule has 5 heteroatoms. The molecule has 1 spiro atoms. The Morgan fingerprint density at radius 1 is 0.826 bits per heavy atom. The van der Waals surface area contributed by atoms with Gasteiger partial charge < -0.3 is 9.80 Å². The van der Waals surface area contributed by atoms with Crippen molar-refractivity contribution in [1.29, 1.82) is 0 Å². The van der Waals surface area contributed by atoms with Crippen LogP contribution in [0.15, 0.2) is 0 Å². The van der Waals surface area contributed by atoms with Crippen LogP contribution >= 0.6 is 11.8 Å². The third-order valence-electron chi connectivity index (χ3n) is 6.18. The zero-order valence-corrected chi connectivity index (χ0v) is 14.8. The van der Waals surface area contributed by atoms with Crippen LogP contribution in [0.25, 0.3) is 0 Å². The third kappa shape index (κ3) is 3.01. The Hall–Kier alpha value is -0.710. The van der Waals surface area contributed by atoms with Crippen LogP contribution in [0.2, 0.25) is 0 Å². The first-order valence-electron chi connectivity index (χ1n) is 9.44. The van der Waals surface area contributed by atoms with Gasteiger partial charge in [0, 0.05) is 37.2 Å². The number of piperidine rings is 1. The van der Waals surface area contributed by atoms with Gasteiger partial charge in [-0.25, -0.2) is 0 Å². The van der Waals surface area contributed by atoms with Gasteiger partial charge in [0.15, 0.2) is 0 Å². The van der Waals surface area contributed by atoms with Gasteiger partial charge in [-0.15, -0.1) is 11.8 Å². The smallest absolute Gasteiger partial charge is 0.226 e. The van der Waals surface area contributed by atoms with Crippen molar-refractivity contribution in [3.63, 3.8) is 0 Å². The van der Waals surface area contributed by atoms with Crippen molar-refractivity contribution in [2.45, 2.75) is 62.7 Å². The summed E-state index contributed by atoms with van der Waals surface area (Å²) < 4.78 is 0. The summed E-state index contributed by atoms with van der Waals surface area (Å²) in [6.07, 6.45) is 10.0. The molecule has 0 aromatic carbocycles. The molecule has 0 bridgehead atoms. The molecule has 128 valence electrons. The van der Waals surface area contributed by atoms with Crippen LogP contribution in [-0.4, -0.2) is 51.9 Å². The van der Waals surface area contributed by atoms with Crippen molar-refractivity contribution in [3.05, 3.63) is 0 Å². The van der Waals surface area contributed by atoms with E-state index >= 15 is 0 Å². The lowest BCUT2D eigenvalue weighted by atomic mass is 9.87. The first kappa shape index (κ1) is 15.8. The molecule has 4 nitrogen and oxygen atoms in total. The molecule has 2 saturated heterocycles. The van der Waals surface area contributed by atoms with Crippen molar-refractivity contribution < 1.29 is 9.59 Å². The van der Waals surface area contributed by atoms with Gasteiger partial charge in [0.1, 0.15) is 0 Å². The van der Waals surface area contributed by atoms with Crippen molar-refractivity contribution in [2.75, 3.05) is 25.4 Å². The van der Waals surface area contributed by atoms with Crippen molar-refractivity contribution in [2.24, 2.45) is 11.8 Å². The molecule has 4 fully saturated rings. The quantitative estimate of drug-likeness (QED) is 0.778. The van der Waals surface area contributed by atoms with E-state index in [0.29, 0.717) is 17.7 Å². The van der Waals surface area contributed by atoms with E-state index in [1.807, 2.05) is 11.8 Å². The molecule has 0 unspecified atom stereocenters.